The molecule has 0 heterocycles. The number of hydrogen-bond acceptors (Lipinski definition) is 3. The molecular weight excluding hydrogens is 238 g/mol. The average molecular weight is 261 g/mol. The first-order valence-electron chi connectivity index (χ1n) is 6.80. The van der Waals surface area contributed by atoms with E-state index in [1.54, 1.807) is 0 Å². The van der Waals surface area contributed by atoms with Gasteiger partial charge in [0.2, 0.25) is 0 Å². The van der Waals surface area contributed by atoms with Crippen LogP contribution in [0.15, 0.2) is 24.3 Å². The Bertz CT molecular complexity index is 460. The van der Waals surface area contributed by atoms with Crippen LogP contribution in [0.2, 0.25) is 0 Å². The van der Waals surface area contributed by atoms with Crippen LogP contribution in [0.5, 0.6) is 5.75 Å². The lowest BCUT2D eigenvalue weighted by molar-refractivity contribution is 0.0996. The summed E-state index contributed by atoms with van der Waals surface area (Å²) in [7, 11) is 0. The monoisotopic (exact) mass is 261 g/mol. The zero-order valence-corrected chi connectivity index (χ0v) is 11.9. The van der Waals surface area contributed by atoms with Crippen molar-refractivity contribution in [1.29, 1.82) is 0 Å². The van der Waals surface area contributed by atoms with Gasteiger partial charge in [-0.05, 0) is 38.8 Å². The molecule has 0 saturated carbocycles. The first-order chi connectivity index (χ1) is 8.96. The third-order valence-corrected chi connectivity index (χ3v) is 3.09. The number of β-amino-alcohol motifs (C(OH)–C–C–N with tert-alkyl or cyclic N) is 1. The van der Waals surface area contributed by atoms with Crippen molar-refractivity contribution >= 4 is 6.08 Å². The maximum Gasteiger partial charge on any atom is 0.123 e. The fraction of sp³-hybridized carbons (Fsp3) is 0.500. The second-order valence-corrected chi connectivity index (χ2v) is 6.03. The highest BCUT2D eigenvalue weighted by atomic mass is 16.5. The zero-order valence-electron chi connectivity index (χ0n) is 11.9. The van der Waals surface area contributed by atoms with Crippen LogP contribution in [0.25, 0.3) is 6.08 Å². The highest BCUT2D eigenvalue weighted by molar-refractivity contribution is 5.63. The van der Waals surface area contributed by atoms with Crippen molar-refractivity contribution < 1.29 is 9.84 Å². The van der Waals surface area contributed by atoms with Crippen LogP contribution in [0.4, 0.5) is 0 Å². The maximum atomic E-state index is 9.92. The molecule has 0 spiro atoms. The van der Waals surface area contributed by atoms with Crippen molar-refractivity contribution in [3.05, 3.63) is 35.4 Å². The minimum Gasteiger partial charge on any atom is -0.491 e. The summed E-state index contributed by atoms with van der Waals surface area (Å²) in [5.41, 5.74) is 2.46. The van der Waals surface area contributed by atoms with Crippen molar-refractivity contribution in [2.45, 2.75) is 38.8 Å². The van der Waals surface area contributed by atoms with Gasteiger partial charge in [0.25, 0.3) is 0 Å². The predicted octanol–water partition coefficient (Wildman–Crippen LogP) is 2.38. The molecule has 0 amide bonds. The Morgan fingerprint density at radius 1 is 1.37 bits per heavy atom. The Labute approximate surface area is 115 Å². The summed E-state index contributed by atoms with van der Waals surface area (Å²) >= 11 is 0. The van der Waals surface area contributed by atoms with Gasteiger partial charge in [0.1, 0.15) is 18.5 Å². The molecule has 104 valence electrons. The van der Waals surface area contributed by atoms with Crippen molar-refractivity contribution in [2.75, 3.05) is 13.2 Å². The highest BCUT2D eigenvalue weighted by Gasteiger charge is 2.15. The molecule has 2 N–H and O–H groups in total. The molecule has 1 aliphatic carbocycles. The van der Waals surface area contributed by atoms with Gasteiger partial charge in [-0.2, -0.15) is 0 Å². The summed E-state index contributed by atoms with van der Waals surface area (Å²) < 4.78 is 5.75. The lowest BCUT2D eigenvalue weighted by Crippen LogP contribution is -2.42. The molecule has 3 nitrogen and oxygen atoms in total. The minimum atomic E-state index is -0.496. The Balaban J connectivity index is 1.85. The average Bonchev–Trinajstić information content (AvgIpc) is 2.81. The van der Waals surface area contributed by atoms with E-state index >= 15 is 0 Å². The van der Waals surface area contributed by atoms with Gasteiger partial charge in [-0.15, -0.1) is 0 Å². The number of aliphatic hydroxyl groups is 1. The van der Waals surface area contributed by atoms with Crippen molar-refractivity contribution in [2.24, 2.45) is 0 Å². The maximum absolute atomic E-state index is 9.92. The molecule has 3 heteroatoms. The molecule has 2 rings (SSSR count). The molecule has 1 aliphatic rings. The van der Waals surface area contributed by atoms with E-state index in [0.717, 1.165) is 12.2 Å². The molecule has 0 aromatic heterocycles. The highest BCUT2D eigenvalue weighted by Crippen LogP contribution is 2.28. The van der Waals surface area contributed by atoms with Crippen LogP contribution < -0.4 is 10.1 Å². The van der Waals surface area contributed by atoms with Crippen LogP contribution in [0.1, 0.15) is 31.9 Å². The van der Waals surface area contributed by atoms with E-state index in [9.17, 15) is 5.11 Å². The Kier molecular flexibility index (Phi) is 4.27. The van der Waals surface area contributed by atoms with Crippen LogP contribution in [0, 0.1) is 0 Å². The SMILES string of the molecule is CC(C)(C)NCC(O)COc1cccc2c1CC=C2. The number of allylic oxidation sites excluding steroid dienone is 1. The fourth-order valence-corrected chi connectivity index (χ4v) is 2.07. The second-order valence-electron chi connectivity index (χ2n) is 6.03. The van der Waals surface area contributed by atoms with Gasteiger partial charge < -0.3 is 15.2 Å². The number of benzene rings is 1. The van der Waals surface area contributed by atoms with E-state index < -0.39 is 6.10 Å². The van der Waals surface area contributed by atoms with Gasteiger partial charge in [0.05, 0.1) is 0 Å². The second kappa shape index (κ2) is 5.76. The number of nitrogens with one attached hydrogen (secondary N) is 1. The third kappa shape index (κ3) is 4.08. The molecule has 0 fully saturated rings. The molecule has 0 bridgehead atoms. The van der Waals surface area contributed by atoms with E-state index in [1.807, 2.05) is 12.1 Å². The van der Waals surface area contributed by atoms with Gasteiger partial charge in [-0.25, -0.2) is 0 Å². The van der Waals surface area contributed by atoms with E-state index in [1.165, 1.54) is 11.1 Å². The van der Waals surface area contributed by atoms with Gasteiger partial charge in [-0.1, -0.05) is 24.3 Å². The summed E-state index contributed by atoms with van der Waals surface area (Å²) in [5, 5.41) is 13.2. The normalized spacial score (nSPS) is 15.4. The van der Waals surface area contributed by atoms with E-state index in [4.69, 9.17) is 4.74 Å². The Morgan fingerprint density at radius 3 is 2.89 bits per heavy atom. The first kappa shape index (κ1) is 14.1. The molecule has 19 heavy (non-hydrogen) atoms. The van der Waals surface area contributed by atoms with E-state index in [-0.39, 0.29) is 5.54 Å². The summed E-state index contributed by atoms with van der Waals surface area (Å²) in [6, 6.07) is 6.04. The summed E-state index contributed by atoms with van der Waals surface area (Å²) in [6.07, 6.45) is 4.67. The first-order valence-corrected chi connectivity index (χ1v) is 6.80. The quantitative estimate of drug-likeness (QED) is 0.855. The lowest BCUT2D eigenvalue weighted by atomic mass is 10.1. The molecule has 0 saturated heterocycles. The van der Waals surface area contributed by atoms with E-state index in [0.29, 0.717) is 13.2 Å². The van der Waals surface area contributed by atoms with Crippen molar-refractivity contribution in [1.82, 2.24) is 5.32 Å². The molecule has 0 radical (unpaired) electrons. The number of aliphatic hydroxyl groups excluding tert-OH is 1. The summed E-state index contributed by atoms with van der Waals surface area (Å²) in [5.74, 6) is 0.886. The van der Waals surface area contributed by atoms with E-state index in [2.05, 4.69) is 44.3 Å². The molecule has 0 aliphatic heterocycles. The Morgan fingerprint density at radius 2 is 2.16 bits per heavy atom. The van der Waals surface area contributed by atoms with Crippen LogP contribution in [-0.2, 0) is 6.42 Å². The number of fused-ring (bicyclic) bond motifs is 1. The topological polar surface area (TPSA) is 41.5 Å². The van der Waals surface area contributed by atoms with Gasteiger partial charge in [-0.3, -0.25) is 0 Å². The van der Waals surface area contributed by atoms with Gasteiger partial charge in [0, 0.05) is 17.6 Å². The zero-order chi connectivity index (χ0) is 13.9. The summed E-state index contributed by atoms with van der Waals surface area (Å²) in [6.45, 7) is 7.10. The molecule has 1 aromatic carbocycles. The Hall–Kier alpha value is -1.32. The van der Waals surface area contributed by atoms with Crippen LogP contribution >= 0.6 is 0 Å². The van der Waals surface area contributed by atoms with Gasteiger partial charge >= 0.3 is 0 Å². The third-order valence-electron chi connectivity index (χ3n) is 3.09. The molecule has 1 unspecified atom stereocenters. The standard InChI is InChI=1S/C16H23NO2/c1-16(2,3)17-10-13(18)11-19-15-9-5-7-12-6-4-8-14(12)15/h4-7,9,13,17-18H,8,10-11H2,1-3H3. The fourth-order valence-electron chi connectivity index (χ4n) is 2.07. The number of ether oxygens (including phenoxy) is 1. The lowest BCUT2D eigenvalue weighted by Gasteiger charge is -2.23. The number of rotatable bonds is 5. The predicted molar refractivity (Wildman–Crippen MR) is 78.4 cm³/mol. The molecular formula is C16H23NO2. The van der Waals surface area contributed by atoms with Gasteiger partial charge in [0.15, 0.2) is 0 Å². The van der Waals surface area contributed by atoms with Crippen LogP contribution in [0.3, 0.4) is 0 Å². The molecule has 1 atom stereocenters. The largest absolute Gasteiger partial charge is 0.491 e. The number of hydrogen-bond donors (Lipinski definition) is 2. The van der Waals surface area contributed by atoms with Crippen LogP contribution in [-0.4, -0.2) is 29.9 Å². The summed E-state index contributed by atoms with van der Waals surface area (Å²) in [4.78, 5) is 0. The van der Waals surface area contributed by atoms with Crippen molar-refractivity contribution in [3.63, 3.8) is 0 Å². The molecule has 1 aromatic rings. The minimum absolute atomic E-state index is 0.0128. The van der Waals surface area contributed by atoms with Crippen molar-refractivity contribution in [3.8, 4) is 5.75 Å². The smallest absolute Gasteiger partial charge is 0.123 e.